The summed E-state index contributed by atoms with van der Waals surface area (Å²) in [5, 5.41) is 0. The Morgan fingerprint density at radius 2 is 1.93 bits per heavy atom. The first-order valence-electron chi connectivity index (χ1n) is 10.2. The van der Waals surface area contributed by atoms with Gasteiger partial charge in [-0.25, -0.2) is 4.79 Å². The van der Waals surface area contributed by atoms with Gasteiger partial charge >= 0.3 is 5.69 Å². The van der Waals surface area contributed by atoms with E-state index in [1.54, 1.807) is 12.1 Å². The fourth-order valence-corrected chi connectivity index (χ4v) is 3.75. The molecule has 3 rings (SSSR count). The molecule has 1 aromatic heterocycles. The van der Waals surface area contributed by atoms with E-state index >= 15 is 0 Å². The minimum absolute atomic E-state index is 0.0344. The number of carbonyl (C=O) groups excluding carboxylic acids is 1. The number of carbonyl (C=O) groups is 1. The molecule has 156 valence electrons. The molecule has 1 aliphatic rings. The number of amides is 1. The number of nitrogens with two attached hydrogens (primary N) is 1. The summed E-state index contributed by atoms with van der Waals surface area (Å²) in [7, 11) is 0. The maximum Gasteiger partial charge on any atom is 0.330 e. The number of H-pyrrole nitrogens is 1. The number of ether oxygens (including phenoxy) is 1. The number of para-hydroxylation sites is 1. The number of nitrogens with one attached hydrogen (secondary N) is 1. The Kier molecular flexibility index (Phi) is 6.74. The summed E-state index contributed by atoms with van der Waals surface area (Å²) >= 11 is 0. The van der Waals surface area contributed by atoms with Gasteiger partial charge in [-0.3, -0.25) is 24.0 Å². The Morgan fingerprint density at radius 1 is 1.24 bits per heavy atom. The van der Waals surface area contributed by atoms with Gasteiger partial charge in [0, 0.05) is 12.6 Å². The normalized spacial score (nSPS) is 14.1. The van der Waals surface area contributed by atoms with Crippen molar-refractivity contribution >= 4 is 17.4 Å². The second kappa shape index (κ2) is 9.45. The van der Waals surface area contributed by atoms with Gasteiger partial charge in [-0.05, 0) is 31.4 Å². The van der Waals surface area contributed by atoms with E-state index in [9.17, 15) is 14.4 Å². The zero-order chi connectivity index (χ0) is 20.8. The molecule has 8 heteroatoms. The van der Waals surface area contributed by atoms with Crippen molar-refractivity contribution in [2.45, 2.75) is 58.0 Å². The third-order valence-electron chi connectivity index (χ3n) is 5.25. The topological polar surface area (TPSA) is 110 Å². The monoisotopic (exact) mass is 400 g/mol. The zero-order valence-electron chi connectivity index (χ0n) is 16.7. The molecule has 1 amide bonds. The fraction of sp³-hybridized carbons (Fsp3) is 0.476. The summed E-state index contributed by atoms with van der Waals surface area (Å²) in [6, 6.07) is 8.89. The molecule has 0 unspecified atom stereocenters. The van der Waals surface area contributed by atoms with Crippen molar-refractivity contribution in [1.29, 1.82) is 0 Å². The van der Waals surface area contributed by atoms with Crippen LogP contribution in [0.5, 0.6) is 5.75 Å². The van der Waals surface area contributed by atoms with Crippen LogP contribution in [-0.4, -0.2) is 28.1 Å². The lowest BCUT2D eigenvalue weighted by atomic mass is 10.2. The molecule has 0 bridgehead atoms. The van der Waals surface area contributed by atoms with E-state index in [-0.39, 0.29) is 30.1 Å². The number of aromatic amines is 1. The van der Waals surface area contributed by atoms with Crippen LogP contribution in [0.25, 0.3) is 0 Å². The van der Waals surface area contributed by atoms with E-state index < -0.39 is 11.2 Å². The van der Waals surface area contributed by atoms with Crippen molar-refractivity contribution in [3.63, 3.8) is 0 Å². The number of rotatable bonds is 8. The van der Waals surface area contributed by atoms with Gasteiger partial charge < -0.3 is 10.5 Å². The minimum Gasteiger partial charge on any atom is -0.484 e. The van der Waals surface area contributed by atoms with Gasteiger partial charge in [-0.1, -0.05) is 44.4 Å². The van der Waals surface area contributed by atoms with E-state index in [1.807, 2.05) is 25.1 Å². The average molecular weight is 400 g/mol. The number of nitrogens with zero attached hydrogens (tertiary/aromatic N) is 2. The molecular weight excluding hydrogens is 372 g/mol. The largest absolute Gasteiger partial charge is 0.484 e. The van der Waals surface area contributed by atoms with Crippen molar-refractivity contribution in [3.05, 3.63) is 51.2 Å². The van der Waals surface area contributed by atoms with Gasteiger partial charge in [0.05, 0.1) is 0 Å². The summed E-state index contributed by atoms with van der Waals surface area (Å²) in [4.78, 5) is 41.8. The summed E-state index contributed by atoms with van der Waals surface area (Å²) in [5.74, 6) is 0.257. The molecule has 1 aliphatic carbocycles. The molecular formula is C21H28N4O4. The van der Waals surface area contributed by atoms with Gasteiger partial charge in [0.25, 0.3) is 11.5 Å². The number of aromatic nitrogens is 2. The highest BCUT2D eigenvalue weighted by Gasteiger charge is 2.32. The summed E-state index contributed by atoms with van der Waals surface area (Å²) < 4.78 is 6.96. The molecule has 1 saturated carbocycles. The molecule has 0 radical (unpaired) electrons. The van der Waals surface area contributed by atoms with Crippen molar-refractivity contribution in [2.24, 2.45) is 0 Å². The predicted molar refractivity (Wildman–Crippen MR) is 112 cm³/mol. The number of hydrogen-bond donors (Lipinski definition) is 2. The quantitative estimate of drug-likeness (QED) is 0.706. The molecule has 0 spiro atoms. The molecule has 1 fully saturated rings. The molecule has 29 heavy (non-hydrogen) atoms. The Hall–Kier alpha value is -3.03. The molecule has 3 N–H and O–H groups in total. The Balaban J connectivity index is 1.95. The zero-order valence-corrected chi connectivity index (χ0v) is 16.7. The SMILES string of the molecule is CCCCn1c(N)c(N(C(=O)COc2ccccc2)C2CCCC2)c(=O)[nH]c1=O. The number of benzene rings is 1. The second-order valence-electron chi connectivity index (χ2n) is 7.30. The van der Waals surface area contributed by atoms with E-state index in [0.29, 0.717) is 12.3 Å². The van der Waals surface area contributed by atoms with Gasteiger partial charge in [0.1, 0.15) is 11.6 Å². The molecule has 8 nitrogen and oxygen atoms in total. The van der Waals surface area contributed by atoms with Crippen LogP contribution in [0.1, 0.15) is 45.4 Å². The maximum atomic E-state index is 13.1. The molecule has 1 heterocycles. The predicted octanol–water partition coefficient (Wildman–Crippen LogP) is 2.27. The third-order valence-corrected chi connectivity index (χ3v) is 5.25. The molecule has 1 aromatic carbocycles. The lowest BCUT2D eigenvalue weighted by molar-refractivity contribution is -0.121. The molecule has 0 saturated heterocycles. The number of anilines is 2. The van der Waals surface area contributed by atoms with Gasteiger partial charge in [0.2, 0.25) is 0 Å². The van der Waals surface area contributed by atoms with E-state index in [4.69, 9.17) is 10.5 Å². The van der Waals surface area contributed by atoms with Crippen LogP contribution >= 0.6 is 0 Å². The fourth-order valence-electron chi connectivity index (χ4n) is 3.75. The number of nitrogen functional groups attached to an aromatic ring is 1. The Morgan fingerprint density at radius 3 is 2.59 bits per heavy atom. The first kappa shape index (κ1) is 20.7. The van der Waals surface area contributed by atoms with Crippen LogP contribution < -0.4 is 26.6 Å². The van der Waals surface area contributed by atoms with Crippen molar-refractivity contribution in [1.82, 2.24) is 9.55 Å². The van der Waals surface area contributed by atoms with Crippen LogP contribution in [0.2, 0.25) is 0 Å². The van der Waals surface area contributed by atoms with Crippen LogP contribution in [0.4, 0.5) is 11.5 Å². The van der Waals surface area contributed by atoms with Crippen LogP contribution in [0.15, 0.2) is 39.9 Å². The highest BCUT2D eigenvalue weighted by molar-refractivity contribution is 5.97. The highest BCUT2D eigenvalue weighted by atomic mass is 16.5. The van der Waals surface area contributed by atoms with Crippen molar-refractivity contribution in [3.8, 4) is 5.75 Å². The minimum atomic E-state index is -0.639. The smallest absolute Gasteiger partial charge is 0.330 e. The van der Waals surface area contributed by atoms with Gasteiger partial charge in [-0.15, -0.1) is 0 Å². The van der Waals surface area contributed by atoms with Crippen molar-refractivity contribution < 1.29 is 9.53 Å². The highest BCUT2D eigenvalue weighted by Crippen LogP contribution is 2.29. The van der Waals surface area contributed by atoms with Crippen LogP contribution in [0, 0.1) is 0 Å². The molecule has 0 atom stereocenters. The summed E-state index contributed by atoms with van der Waals surface area (Å²) in [5.41, 5.74) is 5.11. The number of unbranched alkanes of at least 4 members (excludes halogenated alkanes) is 1. The summed E-state index contributed by atoms with van der Waals surface area (Å²) in [6.07, 6.45) is 5.12. The first-order valence-corrected chi connectivity index (χ1v) is 10.2. The Bertz CT molecular complexity index is 945. The maximum absolute atomic E-state index is 13.1. The van der Waals surface area contributed by atoms with Gasteiger partial charge in [0.15, 0.2) is 12.3 Å². The van der Waals surface area contributed by atoms with E-state index in [2.05, 4.69) is 4.98 Å². The lowest BCUT2D eigenvalue weighted by Gasteiger charge is -2.29. The van der Waals surface area contributed by atoms with Crippen molar-refractivity contribution in [2.75, 3.05) is 17.2 Å². The van der Waals surface area contributed by atoms with Gasteiger partial charge in [-0.2, -0.15) is 0 Å². The van der Waals surface area contributed by atoms with E-state index in [0.717, 1.165) is 38.5 Å². The lowest BCUT2D eigenvalue weighted by Crippen LogP contribution is -2.47. The van der Waals surface area contributed by atoms with Crippen LogP contribution in [0.3, 0.4) is 0 Å². The Labute approximate surface area is 169 Å². The second-order valence-corrected chi connectivity index (χ2v) is 7.30. The third kappa shape index (κ3) is 4.70. The standard InChI is InChI=1S/C21H28N4O4/c1-2-3-13-24-19(22)18(20(27)23-21(24)28)25(15-9-7-8-10-15)17(26)14-29-16-11-5-4-6-12-16/h4-6,11-12,15H,2-3,7-10,13-14,22H2,1H3,(H,23,27,28). The summed E-state index contributed by atoms with van der Waals surface area (Å²) in [6.45, 7) is 2.18. The van der Waals surface area contributed by atoms with E-state index in [1.165, 1.54) is 9.47 Å². The first-order chi connectivity index (χ1) is 14.0. The molecule has 2 aromatic rings. The molecule has 0 aliphatic heterocycles. The van der Waals surface area contributed by atoms with Crippen LogP contribution in [-0.2, 0) is 11.3 Å². The number of hydrogen-bond acceptors (Lipinski definition) is 5. The average Bonchev–Trinajstić information content (AvgIpc) is 3.24.